The zero-order valence-corrected chi connectivity index (χ0v) is 15.1. The first-order valence-electron chi connectivity index (χ1n) is 9.04. The minimum atomic E-state index is 0.496. The van der Waals surface area contributed by atoms with Crippen LogP contribution in [0.15, 0.2) is 54.6 Å². The third-order valence-electron chi connectivity index (χ3n) is 5.10. The standard InChI is InChI=1S/C23H24N2/c1-14(2)17-8-10-19-20-11-9-18(24)13-22(20)25-23(21(19)12-17)16-6-4-15(3)5-7-16/h4,6-15H,5,24H2,1-3H3. The van der Waals surface area contributed by atoms with Gasteiger partial charge in [0.05, 0.1) is 11.2 Å². The Kier molecular flexibility index (Phi) is 3.84. The molecule has 0 radical (unpaired) electrons. The van der Waals surface area contributed by atoms with Crippen LogP contribution in [-0.2, 0) is 0 Å². The summed E-state index contributed by atoms with van der Waals surface area (Å²) in [6.07, 6.45) is 7.87. The molecule has 2 aromatic carbocycles. The lowest BCUT2D eigenvalue weighted by Gasteiger charge is -2.16. The van der Waals surface area contributed by atoms with Crippen LogP contribution >= 0.6 is 0 Å². The average Bonchev–Trinajstić information content (AvgIpc) is 2.61. The van der Waals surface area contributed by atoms with Crippen molar-refractivity contribution in [1.82, 2.24) is 4.98 Å². The molecule has 1 aliphatic rings. The first kappa shape index (κ1) is 15.9. The number of benzene rings is 2. The summed E-state index contributed by atoms with van der Waals surface area (Å²) in [5.41, 5.74) is 11.4. The molecule has 1 heterocycles. The molecule has 0 saturated carbocycles. The van der Waals surface area contributed by atoms with Gasteiger partial charge in [0, 0.05) is 16.5 Å². The molecule has 0 spiro atoms. The van der Waals surface area contributed by atoms with E-state index in [1.54, 1.807) is 0 Å². The van der Waals surface area contributed by atoms with Gasteiger partial charge in [-0.2, -0.15) is 0 Å². The number of rotatable bonds is 2. The Labute approximate surface area is 149 Å². The van der Waals surface area contributed by atoms with E-state index in [0.29, 0.717) is 11.8 Å². The summed E-state index contributed by atoms with van der Waals surface area (Å²) in [4.78, 5) is 5.01. The van der Waals surface area contributed by atoms with Gasteiger partial charge in [-0.3, -0.25) is 0 Å². The number of pyridine rings is 1. The van der Waals surface area contributed by atoms with Gasteiger partial charge in [0.1, 0.15) is 0 Å². The topological polar surface area (TPSA) is 38.9 Å². The molecule has 0 amide bonds. The lowest BCUT2D eigenvalue weighted by molar-refractivity contribution is 0.739. The highest BCUT2D eigenvalue weighted by Gasteiger charge is 2.14. The largest absolute Gasteiger partial charge is 0.399 e. The second-order valence-corrected chi connectivity index (χ2v) is 7.43. The summed E-state index contributed by atoms with van der Waals surface area (Å²) in [5, 5.41) is 3.64. The smallest absolute Gasteiger partial charge is 0.0784 e. The molecule has 1 aliphatic carbocycles. The molecule has 2 nitrogen and oxygen atoms in total. The zero-order chi connectivity index (χ0) is 17.6. The van der Waals surface area contributed by atoms with Crippen molar-refractivity contribution in [2.75, 3.05) is 5.73 Å². The van der Waals surface area contributed by atoms with E-state index in [1.165, 1.54) is 21.9 Å². The third kappa shape index (κ3) is 2.82. The number of nitrogen functional groups attached to an aromatic ring is 1. The van der Waals surface area contributed by atoms with E-state index in [2.05, 4.69) is 63.3 Å². The summed E-state index contributed by atoms with van der Waals surface area (Å²) in [5.74, 6) is 1.09. The quantitative estimate of drug-likeness (QED) is 0.458. The molecular formula is C23H24N2. The highest BCUT2D eigenvalue weighted by Crippen LogP contribution is 2.35. The van der Waals surface area contributed by atoms with Crippen LogP contribution in [0.25, 0.3) is 27.2 Å². The maximum atomic E-state index is 6.01. The highest BCUT2D eigenvalue weighted by molar-refractivity contribution is 6.10. The van der Waals surface area contributed by atoms with E-state index in [9.17, 15) is 0 Å². The average molecular weight is 328 g/mol. The molecular weight excluding hydrogens is 304 g/mol. The molecule has 0 fully saturated rings. The first-order valence-corrected chi connectivity index (χ1v) is 9.04. The van der Waals surface area contributed by atoms with E-state index >= 15 is 0 Å². The molecule has 0 aliphatic heterocycles. The van der Waals surface area contributed by atoms with Gasteiger partial charge < -0.3 is 5.73 Å². The number of anilines is 1. The Bertz CT molecular complexity index is 1030. The van der Waals surface area contributed by atoms with E-state index in [4.69, 9.17) is 10.7 Å². The Balaban J connectivity index is 2.06. The van der Waals surface area contributed by atoms with Crippen molar-refractivity contribution in [3.8, 4) is 0 Å². The lowest BCUT2D eigenvalue weighted by atomic mass is 9.91. The maximum absolute atomic E-state index is 6.01. The number of aromatic nitrogens is 1. The van der Waals surface area contributed by atoms with E-state index < -0.39 is 0 Å². The molecule has 0 bridgehead atoms. The normalized spacial score (nSPS) is 17.4. The number of fused-ring (bicyclic) bond motifs is 3. The van der Waals surface area contributed by atoms with Crippen LogP contribution in [0.2, 0.25) is 0 Å². The second kappa shape index (κ2) is 6.03. The number of nitrogens with two attached hydrogens (primary N) is 1. The van der Waals surface area contributed by atoms with Gasteiger partial charge in [-0.05, 0) is 53.0 Å². The maximum Gasteiger partial charge on any atom is 0.0784 e. The summed E-state index contributed by atoms with van der Waals surface area (Å²) in [6, 6.07) is 12.8. The fourth-order valence-electron chi connectivity index (χ4n) is 3.52. The fourth-order valence-corrected chi connectivity index (χ4v) is 3.52. The van der Waals surface area contributed by atoms with Crippen molar-refractivity contribution in [2.45, 2.75) is 33.1 Å². The van der Waals surface area contributed by atoms with Gasteiger partial charge in [0.15, 0.2) is 0 Å². The van der Waals surface area contributed by atoms with Crippen molar-refractivity contribution >= 4 is 32.9 Å². The molecule has 1 unspecified atom stereocenters. The fraction of sp³-hybridized carbons (Fsp3) is 0.261. The van der Waals surface area contributed by atoms with Crippen molar-refractivity contribution in [1.29, 1.82) is 0 Å². The highest BCUT2D eigenvalue weighted by atomic mass is 14.7. The van der Waals surface area contributed by atoms with E-state index in [1.807, 2.05) is 12.1 Å². The van der Waals surface area contributed by atoms with Gasteiger partial charge in [-0.1, -0.05) is 57.2 Å². The molecule has 2 heteroatoms. The molecule has 1 aromatic heterocycles. The third-order valence-corrected chi connectivity index (χ3v) is 5.10. The minimum Gasteiger partial charge on any atom is -0.399 e. The van der Waals surface area contributed by atoms with Crippen LogP contribution in [0.4, 0.5) is 5.69 Å². The minimum absolute atomic E-state index is 0.496. The van der Waals surface area contributed by atoms with E-state index in [-0.39, 0.29) is 0 Å². The number of nitrogens with zero attached hydrogens (tertiary/aromatic N) is 1. The molecule has 2 N–H and O–H groups in total. The van der Waals surface area contributed by atoms with Crippen molar-refractivity contribution in [3.05, 3.63) is 65.9 Å². The molecule has 4 rings (SSSR count). The van der Waals surface area contributed by atoms with Crippen molar-refractivity contribution < 1.29 is 0 Å². The van der Waals surface area contributed by atoms with Gasteiger partial charge >= 0.3 is 0 Å². The number of allylic oxidation sites excluding steroid dienone is 4. The van der Waals surface area contributed by atoms with Crippen LogP contribution in [-0.4, -0.2) is 4.98 Å². The summed E-state index contributed by atoms with van der Waals surface area (Å²) in [6.45, 7) is 6.71. The Morgan fingerprint density at radius 3 is 2.56 bits per heavy atom. The van der Waals surface area contributed by atoms with Crippen LogP contribution in [0.3, 0.4) is 0 Å². The van der Waals surface area contributed by atoms with Gasteiger partial charge in [0.2, 0.25) is 0 Å². The predicted octanol–water partition coefficient (Wildman–Crippen LogP) is 6.07. The summed E-state index contributed by atoms with van der Waals surface area (Å²) >= 11 is 0. The molecule has 0 saturated heterocycles. The number of hydrogen-bond donors (Lipinski definition) is 1. The number of hydrogen-bond acceptors (Lipinski definition) is 2. The van der Waals surface area contributed by atoms with Gasteiger partial charge in [-0.25, -0.2) is 4.98 Å². The summed E-state index contributed by atoms with van der Waals surface area (Å²) < 4.78 is 0. The van der Waals surface area contributed by atoms with Crippen LogP contribution in [0.5, 0.6) is 0 Å². The summed E-state index contributed by atoms with van der Waals surface area (Å²) in [7, 11) is 0. The van der Waals surface area contributed by atoms with Gasteiger partial charge in [-0.15, -0.1) is 0 Å². The molecule has 1 atom stereocenters. The zero-order valence-electron chi connectivity index (χ0n) is 15.1. The second-order valence-electron chi connectivity index (χ2n) is 7.43. The van der Waals surface area contributed by atoms with Crippen LogP contribution in [0, 0.1) is 5.92 Å². The van der Waals surface area contributed by atoms with Crippen molar-refractivity contribution in [2.24, 2.45) is 5.92 Å². The molecule has 3 aromatic rings. The first-order chi connectivity index (χ1) is 12.0. The van der Waals surface area contributed by atoms with Crippen LogP contribution in [0.1, 0.15) is 44.4 Å². The monoisotopic (exact) mass is 328 g/mol. The van der Waals surface area contributed by atoms with Gasteiger partial charge in [0.25, 0.3) is 0 Å². The Hall–Kier alpha value is -2.61. The predicted molar refractivity (Wildman–Crippen MR) is 109 cm³/mol. The Morgan fingerprint density at radius 1 is 1.04 bits per heavy atom. The molecule has 25 heavy (non-hydrogen) atoms. The SMILES string of the molecule is CC1C=CC(c2nc3cc(N)ccc3c3ccc(C(C)C)cc23)=CC1. The molecule has 126 valence electrons. The van der Waals surface area contributed by atoms with Crippen molar-refractivity contribution in [3.63, 3.8) is 0 Å². The van der Waals surface area contributed by atoms with Crippen LogP contribution < -0.4 is 5.73 Å². The van der Waals surface area contributed by atoms with E-state index in [0.717, 1.165) is 28.7 Å². The lowest BCUT2D eigenvalue weighted by Crippen LogP contribution is -1.99. The Morgan fingerprint density at radius 2 is 1.84 bits per heavy atom.